The number of nitrogens with one attached hydrogen (secondary N) is 1. The second kappa shape index (κ2) is 9.36. The second-order valence-electron chi connectivity index (χ2n) is 9.23. The smallest absolute Gasteiger partial charge is 0.267 e. The molecule has 1 aliphatic rings. The first-order chi connectivity index (χ1) is 17.2. The van der Waals surface area contributed by atoms with E-state index in [1.807, 2.05) is 44.2 Å². The van der Waals surface area contributed by atoms with E-state index in [0.717, 1.165) is 29.8 Å². The molecule has 10 heteroatoms. The topological polar surface area (TPSA) is 102 Å². The summed E-state index contributed by atoms with van der Waals surface area (Å²) in [7, 11) is -0.177. The van der Waals surface area contributed by atoms with Gasteiger partial charge in [-0.3, -0.25) is 4.68 Å². The van der Waals surface area contributed by atoms with Gasteiger partial charge in [0.2, 0.25) is 11.8 Å². The predicted molar refractivity (Wildman–Crippen MR) is 138 cm³/mol. The molecule has 0 aliphatic carbocycles. The van der Waals surface area contributed by atoms with Gasteiger partial charge in [0.1, 0.15) is 10.6 Å². The van der Waals surface area contributed by atoms with Gasteiger partial charge in [0, 0.05) is 43.9 Å². The van der Waals surface area contributed by atoms with Crippen molar-refractivity contribution >= 4 is 16.0 Å². The molecule has 0 atom stereocenters. The van der Waals surface area contributed by atoms with Crippen molar-refractivity contribution < 1.29 is 13.2 Å². The van der Waals surface area contributed by atoms with Gasteiger partial charge in [0.25, 0.3) is 10.0 Å². The monoisotopic (exact) mass is 504 g/mol. The number of rotatable bonds is 7. The number of likely N-dealkylation sites (N-methyl/N-ethyl adjacent to an activating group) is 1. The Hall–Kier alpha value is -3.76. The lowest BCUT2D eigenvalue weighted by molar-refractivity contribution is 0.189. The fraction of sp³-hybridized carbons (Fsp3) is 0.269. The van der Waals surface area contributed by atoms with Crippen LogP contribution in [0.25, 0.3) is 11.3 Å². The highest BCUT2D eigenvalue weighted by Crippen LogP contribution is 2.32. The van der Waals surface area contributed by atoms with Gasteiger partial charge in [0.05, 0.1) is 11.9 Å². The minimum Gasteiger partial charge on any atom is -0.439 e. The summed E-state index contributed by atoms with van der Waals surface area (Å²) in [4.78, 5) is 11.2. The van der Waals surface area contributed by atoms with Gasteiger partial charge in [0.15, 0.2) is 0 Å². The zero-order chi connectivity index (χ0) is 25.4. The first kappa shape index (κ1) is 24.0. The van der Waals surface area contributed by atoms with E-state index in [4.69, 9.17) is 4.74 Å². The Morgan fingerprint density at radius 3 is 2.31 bits per heavy atom. The molecule has 186 valence electrons. The van der Waals surface area contributed by atoms with E-state index in [1.54, 1.807) is 13.1 Å². The molecule has 1 N–H and O–H groups in total. The molecule has 0 saturated carbocycles. The van der Waals surface area contributed by atoms with Crippen LogP contribution in [0.1, 0.15) is 22.6 Å². The molecular formula is C26H28N6O3S. The fourth-order valence-corrected chi connectivity index (χ4v) is 5.35. The highest BCUT2D eigenvalue weighted by molar-refractivity contribution is 7.92. The molecule has 1 fully saturated rings. The molecule has 3 heterocycles. The maximum Gasteiger partial charge on any atom is 0.267 e. The Morgan fingerprint density at radius 2 is 1.69 bits per heavy atom. The molecule has 1 saturated heterocycles. The van der Waals surface area contributed by atoms with Gasteiger partial charge in [-0.1, -0.05) is 30.3 Å². The lowest BCUT2D eigenvalue weighted by Gasteiger charge is -2.36. The van der Waals surface area contributed by atoms with Crippen molar-refractivity contribution in [3.63, 3.8) is 0 Å². The van der Waals surface area contributed by atoms with Crippen LogP contribution in [-0.4, -0.2) is 53.2 Å². The van der Waals surface area contributed by atoms with Crippen molar-refractivity contribution in [1.82, 2.24) is 24.6 Å². The molecule has 36 heavy (non-hydrogen) atoms. The summed E-state index contributed by atoms with van der Waals surface area (Å²) in [5.41, 5.74) is 4.75. The SMILES string of the molecule is Cc1cccc(C)c1-c1cc(Oc2ccc(C3CN(C)C3)cc2)nc(NS(=O)(=O)c2cnn(C)c2)n1. The van der Waals surface area contributed by atoms with Crippen LogP contribution < -0.4 is 9.46 Å². The van der Waals surface area contributed by atoms with Crippen molar-refractivity contribution in [1.29, 1.82) is 0 Å². The third-order valence-corrected chi connectivity index (χ3v) is 7.58. The van der Waals surface area contributed by atoms with E-state index in [9.17, 15) is 8.42 Å². The summed E-state index contributed by atoms with van der Waals surface area (Å²) in [6.45, 7) is 6.07. The van der Waals surface area contributed by atoms with E-state index in [-0.39, 0.29) is 16.7 Å². The largest absolute Gasteiger partial charge is 0.439 e. The second-order valence-corrected chi connectivity index (χ2v) is 10.9. The molecule has 1 aliphatic heterocycles. The summed E-state index contributed by atoms with van der Waals surface area (Å²) in [5.74, 6) is 1.30. The highest BCUT2D eigenvalue weighted by Gasteiger charge is 2.24. The number of sulfonamides is 1. The number of hydrogen-bond acceptors (Lipinski definition) is 7. The van der Waals surface area contributed by atoms with E-state index < -0.39 is 10.0 Å². The van der Waals surface area contributed by atoms with Crippen LogP contribution in [0.5, 0.6) is 11.6 Å². The maximum absolute atomic E-state index is 12.9. The Kier molecular flexibility index (Phi) is 6.23. The molecule has 0 radical (unpaired) electrons. The molecule has 0 amide bonds. The number of hydrogen-bond donors (Lipinski definition) is 1. The highest BCUT2D eigenvalue weighted by atomic mass is 32.2. The van der Waals surface area contributed by atoms with Gasteiger partial charge in [-0.25, -0.2) is 18.1 Å². The number of ether oxygens (including phenoxy) is 1. The summed E-state index contributed by atoms with van der Waals surface area (Å²) in [5, 5.41) is 3.95. The van der Waals surface area contributed by atoms with Crippen LogP contribution >= 0.6 is 0 Å². The number of benzene rings is 2. The molecule has 0 bridgehead atoms. The van der Waals surface area contributed by atoms with E-state index >= 15 is 0 Å². The standard InChI is InChI=1S/C26H28N6O3S/c1-17-6-5-7-18(2)25(17)23-12-24(35-21-10-8-19(9-11-21)20-14-31(3)15-20)29-26(28-23)30-36(33,34)22-13-27-32(4)16-22/h5-13,16,20H,14-15H2,1-4H3,(H,28,29,30). The summed E-state index contributed by atoms with van der Waals surface area (Å²) in [6.07, 6.45) is 2.69. The number of likely N-dealkylation sites (tertiary alicyclic amines) is 1. The van der Waals surface area contributed by atoms with Gasteiger partial charge in [-0.15, -0.1) is 0 Å². The molecule has 4 aromatic rings. The molecular weight excluding hydrogens is 476 g/mol. The molecule has 2 aromatic carbocycles. The van der Waals surface area contributed by atoms with Crippen molar-refractivity contribution in [3.05, 3.63) is 77.6 Å². The first-order valence-electron chi connectivity index (χ1n) is 11.6. The number of nitrogens with zero attached hydrogens (tertiary/aromatic N) is 5. The normalized spacial score (nSPS) is 14.4. The van der Waals surface area contributed by atoms with Crippen molar-refractivity contribution in [2.24, 2.45) is 7.05 Å². The van der Waals surface area contributed by atoms with Crippen LogP contribution in [-0.2, 0) is 17.1 Å². The summed E-state index contributed by atoms with van der Waals surface area (Å²) >= 11 is 0. The van der Waals surface area contributed by atoms with Gasteiger partial charge in [-0.05, 0) is 49.7 Å². The van der Waals surface area contributed by atoms with E-state index in [0.29, 0.717) is 17.4 Å². The van der Waals surface area contributed by atoms with Crippen LogP contribution in [0.15, 0.2) is 65.8 Å². The van der Waals surface area contributed by atoms with Gasteiger partial charge in [-0.2, -0.15) is 10.1 Å². The zero-order valence-electron chi connectivity index (χ0n) is 20.6. The van der Waals surface area contributed by atoms with Crippen LogP contribution in [0.2, 0.25) is 0 Å². The number of aromatic nitrogens is 4. The lowest BCUT2D eigenvalue weighted by atomic mass is 9.92. The molecule has 5 rings (SSSR count). The molecule has 0 spiro atoms. The molecule has 9 nitrogen and oxygen atoms in total. The van der Waals surface area contributed by atoms with E-state index in [2.05, 4.69) is 43.9 Å². The Bertz CT molecular complexity index is 1490. The minimum absolute atomic E-state index is 0.0192. The van der Waals surface area contributed by atoms with Crippen LogP contribution in [0, 0.1) is 13.8 Å². The molecule has 0 unspecified atom stereocenters. The molecule has 2 aromatic heterocycles. The third kappa shape index (κ3) is 4.95. The maximum atomic E-state index is 12.9. The Balaban J connectivity index is 1.49. The fourth-order valence-electron chi connectivity index (χ4n) is 4.42. The average molecular weight is 505 g/mol. The summed E-state index contributed by atoms with van der Waals surface area (Å²) in [6, 6.07) is 15.6. The van der Waals surface area contributed by atoms with Crippen molar-refractivity contribution in [2.75, 3.05) is 24.9 Å². The Morgan fingerprint density at radius 1 is 1.00 bits per heavy atom. The van der Waals surface area contributed by atoms with Crippen LogP contribution in [0.4, 0.5) is 5.95 Å². The third-order valence-electron chi connectivity index (χ3n) is 6.30. The van der Waals surface area contributed by atoms with E-state index in [1.165, 1.54) is 22.6 Å². The van der Waals surface area contributed by atoms with Crippen molar-refractivity contribution in [2.45, 2.75) is 24.7 Å². The van der Waals surface area contributed by atoms with Crippen LogP contribution in [0.3, 0.4) is 0 Å². The average Bonchev–Trinajstić information content (AvgIpc) is 3.25. The zero-order valence-corrected chi connectivity index (χ0v) is 21.5. The number of anilines is 1. The lowest BCUT2D eigenvalue weighted by Crippen LogP contribution is -2.41. The quantitative estimate of drug-likeness (QED) is 0.404. The first-order valence-corrected chi connectivity index (χ1v) is 13.1. The number of aryl methyl sites for hydroxylation is 3. The van der Waals surface area contributed by atoms with Gasteiger partial charge >= 0.3 is 0 Å². The Labute approximate surface area is 210 Å². The van der Waals surface area contributed by atoms with Crippen molar-refractivity contribution in [3.8, 4) is 22.9 Å². The van der Waals surface area contributed by atoms with Gasteiger partial charge < -0.3 is 9.64 Å². The summed E-state index contributed by atoms with van der Waals surface area (Å²) < 4.78 is 35.8. The minimum atomic E-state index is -3.94. The predicted octanol–water partition coefficient (Wildman–Crippen LogP) is 4.12.